The van der Waals surface area contributed by atoms with Gasteiger partial charge in [0.1, 0.15) is 5.75 Å². The number of hydrogen-bond donors (Lipinski definition) is 0. The molecular formula is C19H15NO. The van der Waals surface area contributed by atoms with E-state index in [1.54, 1.807) is 7.11 Å². The summed E-state index contributed by atoms with van der Waals surface area (Å²) in [7, 11) is 1.62. The van der Waals surface area contributed by atoms with Crippen LogP contribution in [0.3, 0.4) is 0 Å². The highest BCUT2D eigenvalue weighted by Crippen LogP contribution is 2.16. The van der Waals surface area contributed by atoms with Crippen molar-refractivity contribution in [3.8, 4) is 23.7 Å². The second-order valence-electron chi connectivity index (χ2n) is 4.40. The maximum atomic E-state index is 9.19. The van der Waals surface area contributed by atoms with Crippen molar-refractivity contribution in [1.29, 1.82) is 5.26 Å². The van der Waals surface area contributed by atoms with Gasteiger partial charge in [0.25, 0.3) is 0 Å². The predicted molar refractivity (Wildman–Crippen MR) is 84.5 cm³/mol. The highest BCUT2D eigenvalue weighted by molar-refractivity contribution is 5.59. The summed E-state index contributed by atoms with van der Waals surface area (Å²) >= 11 is 0. The molecule has 21 heavy (non-hydrogen) atoms. The smallest absolute Gasteiger partial charge is 0.119 e. The van der Waals surface area contributed by atoms with Crippen molar-refractivity contribution in [2.75, 3.05) is 7.11 Å². The normalized spacial score (nSPS) is 10.2. The lowest BCUT2D eigenvalue weighted by Gasteiger charge is -2.00. The van der Waals surface area contributed by atoms with Gasteiger partial charge in [-0.3, -0.25) is 0 Å². The van der Waals surface area contributed by atoms with Crippen LogP contribution in [0.1, 0.15) is 17.5 Å². The van der Waals surface area contributed by atoms with Crippen molar-refractivity contribution in [3.63, 3.8) is 0 Å². The molecule has 0 aromatic heterocycles. The third-order valence-corrected chi connectivity index (χ3v) is 2.86. The summed E-state index contributed by atoms with van der Waals surface area (Å²) in [6.45, 7) is 0. The molecule has 102 valence electrons. The zero-order valence-electron chi connectivity index (χ0n) is 11.8. The molecule has 0 aliphatic carbocycles. The van der Waals surface area contributed by atoms with E-state index in [4.69, 9.17) is 4.74 Å². The van der Waals surface area contributed by atoms with Crippen LogP contribution in [0.25, 0.3) is 6.08 Å². The van der Waals surface area contributed by atoms with Crippen LogP contribution in [0.5, 0.6) is 5.75 Å². The molecule has 2 heteroatoms. The van der Waals surface area contributed by atoms with Gasteiger partial charge in [-0.15, -0.1) is 0 Å². The first kappa shape index (κ1) is 14.4. The monoisotopic (exact) mass is 273 g/mol. The number of methoxy groups -OCH3 is 1. The lowest BCUT2D eigenvalue weighted by molar-refractivity contribution is 0.414. The van der Waals surface area contributed by atoms with Gasteiger partial charge in [-0.25, -0.2) is 0 Å². The van der Waals surface area contributed by atoms with Gasteiger partial charge in [0.15, 0.2) is 0 Å². The van der Waals surface area contributed by atoms with E-state index in [0.29, 0.717) is 12.0 Å². The second kappa shape index (κ2) is 7.58. The summed E-state index contributed by atoms with van der Waals surface area (Å²) in [5, 5.41) is 9.19. The molecule has 0 aliphatic heterocycles. The summed E-state index contributed by atoms with van der Waals surface area (Å²) in [4.78, 5) is 0. The Balaban J connectivity index is 2.11. The molecule has 0 aliphatic rings. The SMILES string of the molecule is COc1cccc(/C=C(\C#N)CC#Cc2ccccc2)c1. The van der Waals surface area contributed by atoms with E-state index in [1.165, 1.54) is 0 Å². The van der Waals surface area contributed by atoms with E-state index < -0.39 is 0 Å². The van der Waals surface area contributed by atoms with Gasteiger partial charge in [-0.1, -0.05) is 42.2 Å². The van der Waals surface area contributed by atoms with Gasteiger partial charge in [0.2, 0.25) is 0 Å². The Kier molecular flexibility index (Phi) is 5.21. The summed E-state index contributed by atoms with van der Waals surface area (Å²) < 4.78 is 5.17. The van der Waals surface area contributed by atoms with Crippen LogP contribution in [-0.4, -0.2) is 7.11 Å². The first-order valence-electron chi connectivity index (χ1n) is 6.60. The summed E-state index contributed by atoms with van der Waals surface area (Å²) in [5.74, 6) is 6.86. The molecule has 0 atom stereocenters. The van der Waals surface area contributed by atoms with Crippen molar-refractivity contribution in [3.05, 3.63) is 71.3 Å². The van der Waals surface area contributed by atoms with E-state index in [9.17, 15) is 5.26 Å². The molecule has 0 N–H and O–H groups in total. The molecule has 0 spiro atoms. The standard InChI is InChI=1S/C19H15NO/c1-21-19-12-6-10-17(14-19)13-18(15-20)11-5-9-16-7-3-2-4-8-16/h2-4,6-8,10,12-14H,11H2,1H3/b18-13-. The van der Waals surface area contributed by atoms with Gasteiger partial charge in [-0.2, -0.15) is 5.26 Å². The zero-order chi connectivity index (χ0) is 14.9. The number of rotatable bonds is 3. The maximum absolute atomic E-state index is 9.19. The highest BCUT2D eigenvalue weighted by atomic mass is 16.5. The van der Waals surface area contributed by atoms with Gasteiger partial charge >= 0.3 is 0 Å². The first-order valence-corrected chi connectivity index (χ1v) is 6.60. The van der Waals surface area contributed by atoms with Crippen LogP contribution >= 0.6 is 0 Å². The van der Waals surface area contributed by atoms with Crippen molar-refractivity contribution >= 4 is 6.08 Å². The van der Waals surface area contributed by atoms with E-state index in [2.05, 4.69) is 17.9 Å². The quantitative estimate of drug-likeness (QED) is 0.624. The van der Waals surface area contributed by atoms with Crippen LogP contribution in [0.15, 0.2) is 60.2 Å². The summed E-state index contributed by atoms with van der Waals surface area (Å²) in [6, 6.07) is 19.5. The Hall–Kier alpha value is -2.97. The molecular weight excluding hydrogens is 258 g/mol. The molecule has 0 radical (unpaired) electrons. The molecule has 0 saturated heterocycles. The van der Waals surface area contributed by atoms with Crippen LogP contribution in [0, 0.1) is 23.2 Å². The van der Waals surface area contributed by atoms with Crippen molar-refractivity contribution in [2.24, 2.45) is 0 Å². The highest BCUT2D eigenvalue weighted by Gasteiger charge is 1.96. The molecule has 0 bridgehead atoms. The van der Waals surface area contributed by atoms with E-state index >= 15 is 0 Å². The fourth-order valence-corrected chi connectivity index (χ4v) is 1.82. The lowest BCUT2D eigenvalue weighted by Crippen LogP contribution is -1.84. The molecule has 0 amide bonds. The van der Waals surface area contributed by atoms with Crippen molar-refractivity contribution in [2.45, 2.75) is 6.42 Å². The van der Waals surface area contributed by atoms with Gasteiger partial charge < -0.3 is 4.74 Å². The molecule has 0 saturated carbocycles. The van der Waals surface area contributed by atoms with Gasteiger partial charge in [0.05, 0.1) is 13.2 Å². The molecule has 0 fully saturated rings. The van der Waals surface area contributed by atoms with E-state index in [-0.39, 0.29) is 0 Å². The zero-order valence-corrected chi connectivity index (χ0v) is 11.8. The average molecular weight is 273 g/mol. The number of nitriles is 1. The Morgan fingerprint density at radius 2 is 1.95 bits per heavy atom. The number of ether oxygens (including phenoxy) is 1. The largest absolute Gasteiger partial charge is 0.497 e. The van der Waals surface area contributed by atoms with Crippen LogP contribution in [0.2, 0.25) is 0 Å². The number of hydrogen-bond acceptors (Lipinski definition) is 2. The van der Waals surface area contributed by atoms with E-state index in [1.807, 2.05) is 60.7 Å². The first-order chi connectivity index (χ1) is 10.3. The van der Waals surface area contributed by atoms with Crippen LogP contribution in [-0.2, 0) is 0 Å². The molecule has 2 aromatic carbocycles. The minimum absolute atomic E-state index is 0.433. The second-order valence-corrected chi connectivity index (χ2v) is 4.40. The summed E-state index contributed by atoms with van der Waals surface area (Å²) in [6.07, 6.45) is 2.27. The average Bonchev–Trinajstić information content (AvgIpc) is 2.55. The van der Waals surface area contributed by atoms with Gasteiger partial charge in [-0.05, 0) is 35.9 Å². The molecule has 2 nitrogen and oxygen atoms in total. The maximum Gasteiger partial charge on any atom is 0.119 e. The number of nitrogens with zero attached hydrogens (tertiary/aromatic N) is 1. The fourth-order valence-electron chi connectivity index (χ4n) is 1.82. The number of allylic oxidation sites excluding steroid dienone is 1. The molecule has 0 unspecified atom stereocenters. The predicted octanol–water partition coefficient (Wildman–Crippen LogP) is 4.04. The molecule has 2 aromatic rings. The minimum Gasteiger partial charge on any atom is -0.497 e. The third kappa shape index (κ3) is 4.56. The number of benzene rings is 2. The van der Waals surface area contributed by atoms with Gasteiger partial charge in [0, 0.05) is 17.6 Å². The Labute approximate surface area is 125 Å². The minimum atomic E-state index is 0.433. The Morgan fingerprint density at radius 3 is 2.67 bits per heavy atom. The summed E-state index contributed by atoms with van der Waals surface area (Å²) in [5.41, 5.74) is 2.52. The van der Waals surface area contributed by atoms with Crippen LogP contribution < -0.4 is 4.74 Å². The fraction of sp³-hybridized carbons (Fsp3) is 0.105. The molecule has 2 rings (SSSR count). The topological polar surface area (TPSA) is 33.0 Å². The van der Waals surface area contributed by atoms with Crippen molar-refractivity contribution in [1.82, 2.24) is 0 Å². The van der Waals surface area contributed by atoms with Crippen molar-refractivity contribution < 1.29 is 4.74 Å². The molecule has 0 heterocycles. The van der Waals surface area contributed by atoms with Crippen LogP contribution in [0.4, 0.5) is 0 Å². The van der Waals surface area contributed by atoms with E-state index in [0.717, 1.165) is 16.9 Å². The Morgan fingerprint density at radius 1 is 1.14 bits per heavy atom. The Bertz CT molecular complexity index is 727. The third-order valence-electron chi connectivity index (χ3n) is 2.86. The lowest BCUT2D eigenvalue weighted by atomic mass is 10.1.